The van der Waals surface area contributed by atoms with E-state index >= 15 is 0 Å². The summed E-state index contributed by atoms with van der Waals surface area (Å²) in [6.07, 6.45) is 0. The van der Waals surface area contributed by atoms with Crippen molar-refractivity contribution in [2.45, 2.75) is 13.5 Å². The summed E-state index contributed by atoms with van der Waals surface area (Å²) in [6.45, 7) is 2.11. The van der Waals surface area contributed by atoms with Crippen molar-refractivity contribution in [3.8, 4) is 11.8 Å². The topological polar surface area (TPSA) is 70.3 Å². The fraction of sp³-hybridized carbons (Fsp3) is 0.143. The second-order valence-corrected chi connectivity index (χ2v) is 5.15. The molecular formula is C14H11NO3S. The molecule has 0 radical (unpaired) electrons. The fourth-order valence-corrected chi connectivity index (χ4v) is 2.48. The molecule has 0 spiro atoms. The van der Waals surface area contributed by atoms with Crippen molar-refractivity contribution in [3.63, 3.8) is 0 Å². The van der Waals surface area contributed by atoms with Crippen molar-refractivity contribution in [1.82, 2.24) is 0 Å². The Morgan fingerprint density at radius 3 is 2.84 bits per heavy atom. The molecule has 2 aromatic rings. The quantitative estimate of drug-likeness (QED) is 0.928. The first kappa shape index (κ1) is 13.1. The Kier molecular flexibility index (Phi) is 3.83. The Balaban J connectivity index is 2.15. The van der Waals surface area contributed by atoms with E-state index in [0.29, 0.717) is 16.2 Å². The first-order valence-electron chi connectivity index (χ1n) is 5.56. The van der Waals surface area contributed by atoms with Crippen LogP contribution in [-0.2, 0) is 6.61 Å². The molecule has 0 aliphatic heterocycles. The molecule has 1 heterocycles. The molecule has 0 fully saturated rings. The minimum absolute atomic E-state index is 0.258. The van der Waals surface area contributed by atoms with Crippen LogP contribution in [0.5, 0.6) is 5.75 Å². The van der Waals surface area contributed by atoms with Crippen molar-refractivity contribution in [2.24, 2.45) is 0 Å². The third-order valence-electron chi connectivity index (χ3n) is 2.62. The number of para-hydroxylation sites is 1. The average molecular weight is 273 g/mol. The summed E-state index contributed by atoms with van der Waals surface area (Å²) in [6, 6.07) is 10.6. The molecule has 1 N–H and O–H groups in total. The van der Waals surface area contributed by atoms with Gasteiger partial charge in [-0.2, -0.15) is 5.26 Å². The number of rotatable bonds is 4. The van der Waals surface area contributed by atoms with Gasteiger partial charge in [-0.25, -0.2) is 4.79 Å². The number of aromatic carboxylic acids is 1. The highest BCUT2D eigenvalue weighted by atomic mass is 32.1. The minimum Gasteiger partial charge on any atom is -0.487 e. The van der Waals surface area contributed by atoms with Crippen LogP contribution >= 0.6 is 11.3 Å². The van der Waals surface area contributed by atoms with Crippen LogP contribution in [0.4, 0.5) is 0 Å². The van der Waals surface area contributed by atoms with Crippen molar-refractivity contribution < 1.29 is 14.6 Å². The fourth-order valence-electron chi connectivity index (χ4n) is 1.61. The van der Waals surface area contributed by atoms with Crippen LogP contribution in [0.3, 0.4) is 0 Å². The predicted octanol–water partition coefficient (Wildman–Crippen LogP) is 3.21. The van der Waals surface area contributed by atoms with Gasteiger partial charge in [0, 0.05) is 10.4 Å². The van der Waals surface area contributed by atoms with E-state index in [1.165, 1.54) is 11.3 Å². The monoisotopic (exact) mass is 273 g/mol. The number of ether oxygens (including phenoxy) is 1. The van der Waals surface area contributed by atoms with Crippen molar-refractivity contribution in [2.75, 3.05) is 0 Å². The Hall–Kier alpha value is -2.32. The van der Waals surface area contributed by atoms with Crippen LogP contribution < -0.4 is 4.74 Å². The van der Waals surface area contributed by atoms with Gasteiger partial charge in [0.25, 0.3) is 0 Å². The van der Waals surface area contributed by atoms with E-state index in [9.17, 15) is 4.79 Å². The average Bonchev–Trinajstić information content (AvgIpc) is 2.78. The van der Waals surface area contributed by atoms with E-state index < -0.39 is 5.97 Å². The molecule has 1 aromatic carbocycles. The van der Waals surface area contributed by atoms with Crippen LogP contribution in [0.1, 0.15) is 25.7 Å². The zero-order valence-electron chi connectivity index (χ0n) is 10.2. The van der Waals surface area contributed by atoms with Crippen molar-refractivity contribution in [1.29, 1.82) is 5.26 Å². The Morgan fingerprint density at radius 1 is 1.47 bits per heavy atom. The lowest BCUT2D eigenvalue weighted by Gasteiger charge is -2.06. The molecule has 0 saturated carbocycles. The number of hydrogen-bond acceptors (Lipinski definition) is 4. The standard InChI is InChI=1S/C14H11NO3S/c1-9-11(6-13(19-9)14(16)17)8-18-12-5-3-2-4-10(12)7-15/h2-6H,8H2,1H3,(H,16,17). The van der Waals surface area contributed by atoms with E-state index in [1.807, 2.05) is 6.92 Å². The first-order valence-corrected chi connectivity index (χ1v) is 6.38. The number of carboxylic acids is 1. The zero-order chi connectivity index (χ0) is 13.8. The first-order chi connectivity index (χ1) is 9.11. The highest BCUT2D eigenvalue weighted by molar-refractivity contribution is 7.14. The molecule has 0 atom stereocenters. The molecular weight excluding hydrogens is 262 g/mol. The minimum atomic E-state index is -0.934. The van der Waals surface area contributed by atoms with Gasteiger partial charge in [-0.15, -0.1) is 11.3 Å². The van der Waals surface area contributed by atoms with Gasteiger partial charge in [0.05, 0.1) is 5.56 Å². The summed E-state index contributed by atoms with van der Waals surface area (Å²) in [4.78, 5) is 12.1. The molecule has 96 valence electrons. The number of thiophene rings is 1. The number of nitrogens with zero attached hydrogens (tertiary/aromatic N) is 1. The number of nitriles is 1. The van der Waals surface area contributed by atoms with Crippen LogP contribution in [0.25, 0.3) is 0 Å². The molecule has 2 rings (SSSR count). The van der Waals surface area contributed by atoms with Gasteiger partial charge in [-0.05, 0) is 25.1 Å². The normalized spacial score (nSPS) is 9.89. The van der Waals surface area contributed by atoms with Crippen LogP contribution in [0, 0.1) is 18.3 Å². The SMILES string of the molecule is Cc1sc(C(=O)O)cc1COc1ccccc1C#N. The van der Waals surface area contributed by atoms with Crippen LogP contribution in [0.2, 0.25) is 0 Å². The molecule has 19 heavy (non-hydrogen) atoms. The second kappa shape index (κ2) is 5.55. The van der Waals surface area contributed by atoms with Gasteiger partial charge in [0.1, 0.15) is 23.3 Å². The van der Waals surface area contributed by atoms with Gasteiger partial charge >= 0.3 is 5.97 Å². The maximum atomic E-state index is 10.9. The van der Waals surface area contributed by atoms with Gasteiger partial charge in [-0.1, -0.05) is 12.1 Å². The van der Waals surface area contributed by atoms with E-state index in [-0.39, 0.29) is 6.61 Å². The largest absolute Gasteiger partial charge is 0.487 e. The zero-order valence-corrected chi connectivity index (χ0v) is 11.0. The van der Waals surface area contributed by atoms with Gasteiger partial charge < -0.3 is 9.84 Å². The molecule has 0 amide bonds. The number of carbonyl (C=O) groups is 1. The Labute approximate surface area is 114 Å². The maximum absolute atomic E-state index is 10.9. The highest BCUT2D eigenvalue weighted by Crippen LogP contribution is 2.24. The number of carboxylic acid groups (broad SMARTS) is 1. The number of aryl methyl sites for hydroxylation is 1. The van der Waals surface area contributed by atoms with E-state index in [4.69, 9.17) is 15.1 Å². The van der Waals surface area contributed by atoms with E-state index in [2.05, 4.69) is 6.07 Å². The highest BCUT2D eigenvalue weighted by Gasteiger charge is 2.12. The summed E-state index contributed by atoms with van der Waals surface area (Å²) < 4.78 is 5.58. The van der Waals surface area contributed by atoms with E-state index in [0.717, 1.165) is 10.4 Å². The van der Waals surface area contributed by atoms with Crippen molar-refractivity contribution in [3.05, 3.63) is 51.2 Å². The molecule has 0 aliphatic rings. The molecule has 1 aromatic heterocycles. The lowest BCUT2D eigenvalue weighted by Crippen LogP contribution is -1.97. The molecule has 4 nitrogen and oxygen atoms in total. The van der Waals surface area contributed by atoms with Gasteiger partial charge in [0.15, 0.2) is 0 Å². The van der Waals surface area contributed by atoms with Crippen LogP contribution in [-0.4, -0.2) is 11.1 Å². The van der Waals surface area contributed by atoms with Crippen molar-refractivity contribution >= 4 is 17.3 Å². The summed E-state index contributed by atoms with van der Waals surface area (Å²) in [5, 5.41) is 17.9. The number of hydrogen-bond donors (Lipinski definition) is 1. The number of benzene rings is 1. The van der Waals surface area contributed by atoms with Gasteiger partial charge in [-0.3, -0.25) is 0 Å². The molecule has 0 bridgehead atoms. The third kappa shape index (κ3) is 2.92. The summed E-state index contributed by atoms with van der Waals surface area (Å²) >= 11 is 1.22. The lowest BCUT2D eigenvalue weighted by molar-refractivity contribution is 0.0702. The summed E-state index contributed by atoms with van der Waals surface area (Å²) in [5.74, 6) is -0.427. The maximum Gasteiger partial charge on any atom is 0.345 e. The molecule has 0 saturated heterocycles. The molecule has 5 heteroatoms. The third-order valence-corrected chi connectivity index (χ3v) is 3.70. The Morgan fingerprint density at radius 2 is 2.21 bits per heavy atom. The second-order valence-electron chi connectivity index (χ2n) is 3.89. The summed E-state index contributed by atoms with van der Waals surface area (Å²) in [7, 11) is 0. The summed E-state index contributed by atoms with van der Waals surface area (Å²) in [5.41, 5.74) is 1.30. The molecule has 0 unspecified atom stereocenters. The Bertz CT molecular complexity index is 655. The molecule has 0 aliphatic carbocycles. The van der Waals surface area contributed by atoms with Crippen LogP contribution in [0.15, 0.2) is 30.3 Å². The smallest absolute Gasteiger partial charge is 0.345 e. The van der Waals surface area contributed by atoms with Gasteiger partial charge in [0.2, 0.25) is 0 Å². The van der Waals surface area contributed by atoms with E-state index in [1.54, 1.807) is 30.3 Å². The predicted molar refractivity (Wildman–Crippen MR) is 71.5 cm³/mol. The lowest BCUT2D eigenvalue weighted by atomic mass is 10.2.